The number of carbonyl (C=O) groups excluding carboxylic acids is 1. The van der Waals surface area contributed by atoms with Gasteiger partial charge in [0, 0.05) is 13.1 Å². The third-order valence-electron chi connectivity index (χ3n) is 3.31. The third-order valence-corrected chi connectivity index (χ3v) is 3.31. The van der Waals surface area contributed by atoms with Gasteiger partial charge in [-0.3, -0.25) is 9.69 Å². The molecule has 0 heterocycles. The van der Waals surface area contributed by atoms with Crippen molar-refractivity contribution in [2.75, 3.05) is 20.1 Å². The lowest BCUT2D eigenvalue weighted by Crippen LogP contribution is -2.35. The van der Waals surface area contributed by atoms with E-state index in [1.165, 1.54) is 16.3 Å². The highest BCUT2D eigenvalue weighted by atomic mass is 16.2. The van der Waals surface area contributed by atoms with Gasteiger partial charge in [0.05, 0.1) is 6.54 Å². The lowest BCUT2D eigenvalue weighted by atomic mass is 10.0. The monoisotopic (exact) mass is 270 g/mol. The first-order valence-corrected chi connectivity index (χ1v) is 7.12. The summed E-state index contributed by atoms with van der Waals surface area (Å²) in [5.74, 6) is 0.0922. The van der Waals surface area contributed by atoms with Crippen LogP contribution in [0.5, 0.6) is 0 Å². The van der Waals surface area contributed by atoms with E-state index in [0.717, 1.165) is 19.5 Å². The molecular weight excluding hydrogens is 248 g/mol. The highest BCUT2D eigenvalue weighted by Gasteiger charge is 2.08. The number of nitrogens with one attached hydrogen (secondary N) is 1. The maximum atomic E-state index is 11.7. The normalized spacial score (nSPS) is 10.9. The number of likely N-dealkylation sites (N-methyl/N-ethyl adjacent to an activating group) is 1. The Morgan fingerprint density at radius 3 is 2.70 bits per heavy atom. The molecule has 2 aromatic rings. The van der Waals surface area contributed by atoms with Crippen LogP contribution in [0.15, 0.2) is 42.5 Å². The first-order chi connectivity index (χ1) is 9.70. The largest absolute Gasteiger partial charge is 0.355 e. The highest BCUT2D eigenvalue weighted by molar-refractivity contribution is 5.85. The number of nitrogens with zero attached hydrogens (tertiary/aromatic N) is 1. The summed E-state index contributed by atoms with van der Waals surface area (Å²) in [4.78, 5) is 13.8. The average molecular weight is 270 g/mol. The predicted molar refractivity (Wildman–Crippen MR) is 83.6 cm³/mol. The summed E-state index contributed by atoms with van der Waals surface area (Å²) >= 11 is 0. The zero-order valence-electron chi connectivity index (χ0n) is 12.2. The first-order valence-electron chi connectivity index (χ1n) is 7.12. The predicted octanol–water partition coefficient (Wildman–Crippen LogP) is 2.80. The van der Waals surface area contributed by atoms with Crippen LogP contribution >= 0.6 is 0 Å². The fourth-order valence-corrected chi connectivity index (χ4v) is 2.34. The van der Waals surface area contributed by atoms with E-state index in [-0.39, 0.29) is 5.91 Å². The Labute approximate surface area is 120 Å². The summed E-state index contributed by atoms with van der Waals surface area (Å²) in [6.07, 6.45) is 0.971. The molecule has 2 aromatic carbocycles. The Kier molecular flexibility index (Phi) is 5.13. The number of amides is 1. The molecule has 20 heavy (non-hydrogen) atoms. The van der Waals surface area contributed by atoms with Gasteiger partial charge in [-0.2, -0.15) is 0 Å². The zero-order valence-corrected chi connectivity index (χ0v) is 12.2. The molecule has 0 aliphatic heterocycles. The minimum atomic E-state index is 0.0922. The van der Waals surface area contributed by atoms with Gasteiger partial charge in [0.15, 0.2) is 0 Å². The van der Waals surface area contributed by atoms with Crippen molar-refractivity contribution in [3.05, 3.63) is 48.0 Å². The van der Waals surface area contributed by atoms with Crippen LogP contribution in [0, 0.1) is 0 Å². The molecule has 0 bridgehead atoms. The summed E-state index contributed by atoms with van der Waals surface area (Å²) in [5.41, 5.74) is 1.26. The molecule has 0 aromatic heterocycles. The Bertz CT molecular complexity index is 575. The van der Waals surface area contributed by atoms with Crippen LogP contribution in [0.4, 0.5) is 0 Å². The molecule has 0 atom stereocenters. The molecule has 3 heteroatoms. The molecule has 0 radical (unpaired) electrons. The van der Waals surface area contributed by atoms with Crippen molar-refractivity contribution >= 4 is 16.7 Å². The van der Waals surface area contributed by atoms with Crippen molar-refractivity contribution in [3.63, 3.8) is 0 Å². The molecular formula is C17H22N2O. The van der Waals surface area contributed by atoms with E-state index in [1.54, 1.807) is 0 Å². The van der Waals surface area contributed by atoms with Gasteiger partial charge in [-0.25, -0.2) is 0 Å². The van der Waals surface area contributed by atoms with Crippen molar-refractivity contribution in [3.8, 4) is 0 Å². The highest BCUT2D eigenvalue weighted by Crippen LogP contribution is 2.19. The quantitative estimate of drug-likeness (QED) is 0.875. The average Bonchev–Trinajstić information content (AvgIpc) is 2.45. The van der Waals surface area contributed by atoms with Gasteiger partial charge < -0.3 is 5.32 Å². The van der Waals surface area contributed by atoms with Gasteiger partial charge in [-0.15, -0.1) is 0 Å². The fourth-order valence-electron chi connectivity index (χ4n) is 2.34. The second-order valence-electron chi connectivity index (χ2n) is 5.16. The maximum Gasteiger partial charge on any atom is 0.234 e. The maximum absolute atomic E-state index is 11.7. The van der Waals surface area contributed by atoms with Crippen LogP contribution in [0.3, 0.4) is 0 Å². The molecule has 0 fully saturated rings. The Balaban J connectivity index is 2.03. The van der Waals surface area contributed by atoms with Crippen molar-refractivity contribution in [1.82, 2.24) is 10.2 Å². The van der Waals surface area contributed by atoms with E-state index in [2.05, 4.69) is 48.6 Å². The standard InChI is InChI=1S/C17H22N2O/c1-3-11-18-17(20)13-19(2)12-15-9-6-8-14-7-4-5-10-16(14)15/h4-10H,3,11-13H2,1-2H3,(H,18,20). The summed E-state index contributed by atoms with van der Waals surface area (Å²) < 4.78 is 0. The summed E-state index contributed by atoms with van der Waals surface area (Å²) in [6.45, 7) is 4.02. The van der Waals surface area contributed by atoms with E-state index in [1.807, 2.05) is 18.0 Å². The molecule has 1 N–H and O–H groups in total. The number of benzene rings is 2. The second kappa shape index (κ2) is 7.06. The minimum absolute atomic E-state index is 0.0922. The van der Waals surface area contributed by atoms with Gasteiger partial charge in [-0.05, 0) is 29.8 Å². The number of fused-ring (bicyclic) bond motifs is 1. The molecule has 1 amide bonds. The van der Waals surface area contributed by atoms with Gasteiger partial charge in [0.1, 0.15) is 0 Å². The van der Waals surface area contributed by atoms with Crippen molar-refractivity contribution in [1.29, 1.82) is 0 Å². The van der Waals surface area contributed by atoms with E-state index < -0.39 is 0 Å². The zero-order chi connectivity index (χ0) is 14.4. The van der Waals surface area contributed by atoms with Crippen molar-refractivity contribution in [2.45, 2.75) is 19.9 Å². The Hall–Kier alpha value is -1.87. The molecule has 2 rings (SSSR count). The topological polar surface area (TPSA) is 32.3 Å². The van der Waals surface area contributed by atoms with E-state index in [0.29, 0.717) is 6.54 Å². The molecule has 0 spiro atoms. The summed E-state index contributed by atoms with van der Waals surface area (Å²) in [7, 11) is 1.98. The van der Waals surface area contributed by atoms with E-state index in [9.17, 15) is 4.79 Å². The Morgan fingerprint density at radius 1 is 1.15 bits per heavy atom. The number of carbonyl (C=O) groups is 1. The van der Waals surface area contributed by atoms with Crippen molar-refractivity contribution in [2.24, 2.45) is 0 Å². The third kappa shape index (κ3) is 3.81. The lowest BCUT2D eigenvalue weighted by Gasteiger charge is -2.17. The van der Waals surface area contributed by atoms with Gasteiger partial charge in [0.2, 0.25) is 5.91 Å². The molecule has 0 aliphatic carbocycles. The molecule has 0 unspecified atom stereocenters. The summed E-state index contributed by atoms with van der Waals surface area (Å²) in [5, 5.41) is 5.41. The number of rotatable bonds is 6. The van der Waals surface area contributed by atoms with Crippen LogP contribution in [0.25, 0.3) is 10.8 Å². The van der Waals surface area contributed by atoms with E-state index in [4.69, 9.17) is 0 Å². The van der Waals surface area contributed by atoms with Gasteiger partial charge in [-0.1, -0.05) is 49.4 Å². The van der Waals surface area contributed by atoms with Crippen LogP contribution in [-0.4, -0.2) is 30.9 Å². The molecule has 0 aliphatic rings. The fraction of sp³-hybridized carbons (Fsp3) is 0.353. The van der Waals surface area contributed by atoms with Gasteiger partial charge in [0.25, 0.3) is 0 Å². The minimum Gasteiger partial charge on any atom is -0.355 e. The van der Waals surface area contributed by atoms with Crippen LogP contribution < -0.4 is 5.32 Å². The molecule has 3 nitrogen and oxygen atoms in total. The molecule has 0 saturated heterocycles. The van der Waals surface area contributed by atoms with E-state index >= 15 is 0 Å². The van der Waals surface area contributed by atoms with Gasteiger partial charge >= 0.3 is 0 Å². The van der Waals surface area contributed by atoms with Crippen LogP contribution in [-0.2, 0) is 11.3 Å². The Morgan fingerprint density at radius 2 is 1.90 bits per heavy atom. The van der Waals surface area contributed by atoms with Crippen molar-refractivity contribution < 1.29 is 4.79 Å². The van der Waals surface area contributed by atoms with Crippen LogP contribution in [0.2, 0.25) is 0 Å². The number of hydrogen-bond acceptors (Lipinski definition) is 2. The van der Waals surface area contributed by atoms with Crippen LogP contribution in [0.1, 0.15) is 18.9 Å². The molecule has 106 valence electrons. The second-order valence-corrected chi connectivity index (χ2v) is 5.16. The molecule has 0 saturated carbocycles. The number of hydrogen-bond donors (Lipinski definition) is 1. The lowest BCUT2D eigenvalue weighted by molar-refractivity contribution is -0.122. The first kappa shape index (κ1) is 14.5. The summed E-state index contributed by atoms with van der Waals surface area (Å²) in [6, 6.07) is 14.7. The SMILES string of the molecule is CCCNC(=O)CN(C)Cc1cccc2ccccc12. The smallest absolute Gasteiger partial charge is 0.234 e.